The van der Waals surface area contributed by atoms with Gasteiger partial charge in [0.05, 0.1) is 18.3 Å². The number of phenolic OH excluding ortho intramolecular Hbond substituents is 1. The molecule has 0 aliphatic carbocycles. The third kappa shape index (κ3) is 4.14. The Bertz CT molecular complexity index is 1610. The van der Waals surface area contributed by atoms with Gasteiger partial charge in [-0.05, 0) is 23.6 Å². The summed E-state index contributed by atoms with van der Waals surface area (Å²) >= 11 is 0. The number of anilines is 1. The third-order valence-corrected chi connectivity index (χ3v) is 5.03. The van der Waals surface area contributed by atoms with Crippen LogP contribution in [0.5, 0.6) is 5.75 Å². The van der Waals surface area contributed by atoms with Crippen LogP contribution in [0.25, 0.3) is 21.6 Å². The highest BCUT2D eigenvalue weighted by molar-refractivity contribution is 6.11. The van der Waals surface area contributed by atoms with Crippen LogP contribution in [-0.2, 0) is 0 Å². The topological polar surface area (TPSA) is 135 Å². The molecule has 35 heavy (non-hydrogen) atoms. The van der Waals surface area contributed by atoms with Gasteiger partial charge < -0.3 is 10.4 Å². The van der Waals surface area contributed by atoms with Crippen LogP contribution in [0.2, 0.25) is 0 Å². The van der Waals surface area contributed by atoms with E-state index in [0.717, 1.165) is 0 Å². The molecule has 0 unspecified atom stereocenters. The Kier molecular flexibility index (Phi) is 5.59. The summed E-state index contributed by atoms with van der Waals surface area (Å²) in [4.78, 5) is 28.2. The fourth-order valence-electron chi connectivity index (χ4n) is 3.40. The molecular formula is C24H15N9O2. The number of para-hydroxylation sites is 1. The molecule has 0 spiro atoms. The third-order valence-electron chi connectivity index (χ3n) is 5.03. The van der Waals surface area contributed by atoms with Gasteiger partial charge in [0.25, 0.3) is 17.5 Å². The van der Waals surface area contributed by atoms with E-state index in [1.807, 2.05) is 12.1 Å². The summed E-state index contributed by atoms with van der Waals surface area (Å²) in [7, 11) is 0. The van der Waals surface area contributed by atoms with Gasteiger partial charge in [-0.1, -0.05) is 42.5 Å². The highest BCUT2D eigenvalue weighted by Crippen LogP contribution is 2.40. The van der Waals surface area contributed by atoms with Crippen molar-refractivity contribution < 1.29 is 9.90 Å². The van der Waals surface area contributed by atoms with Crippen molar-refractivity contribution >= 4 is 39.6 Å². The lowest BCUT2D eigenvalue weighted by Gasteiger charge is -2.11. The standard InChI is InChI=1S/C24H15N9O2/c1-25-19-12-29-33(24-27-13-26-14-28-24)22(19)32-31-20-17-10-6-5-7-15(17)11-18(21(20)34)23(35)30-16-8-3-2-4-9-16/h2-14,34H,(H,30,35)/b32-31+. The molecular weight excluding hydrogens is 446 g/mol. The molecule has 0 aliphatic rings. The number of azo groups is 1. The van der Waals surface area contributed by atoms with Crippen molar-refractivity contribution in [1.29, 1.82) is 0 Å². The average Bonchev–Trinajstić information content (AvgIpc) is 3.32. The summed E-state index contributed by atoms with van der Waals surface area (Å²) in [6, 6.07) is 17.6. The average molecular weight is 461 g/mol. The van der Waals surface area contributed by atoms with E-state index < -0.39 is 5.91 Å². The largest absolute Gasteiger partial charge is 0.505 e. The maximum absolute atomic E-state index is 13.0. The Morgan fingerprint density at radius 3 is 2.54 bits per heavy atom. The number of aromatic nitrogens is 5. The van der Waals surface area contributed by atoms with Crippen LogP contribution in [-0.4, -0.2) is 35.7 Å². The number of aromatic hydroxyl groups is 1. The van der Waals surface area contributed by atoms with Crippen molar-refractivity contribution in [3.63, 3.8) is 0 Å². The first-order valence-electron chi connectivity index (χ1n) is 10.3. The fourth-order valence-corrected chi connectivity index (χ4v) is 3.40. The molecule has 5 rings (SSSR count). The van der Waals surface area contributed by atoms with Gasteiger partial charge in [0.2, 0.25) is 0 Å². The molecule has 0 atom stereocenters. The number of amides is 1. The van der Waals surface area contributed by atoms with Crippen LogP contribution in [0.4, 0.5) is 22.9 Å². The number of carbonyl (C=O) groups excluding carboxylic acids is 1. The van der Waals surface area contributed by atoms with E-state index in [2.05, 4.69) is 40.4 Å². The molecule has 0 fully saturated rings. The minimum atomic E-state index is -0.507. The summed E-state index contributed by atoms with van der Waals surface area (Å²) < 4.78 is 1.24. The lowest BCUT2D eigenvalue weighted by Crippen LogP contribution is -2.12. The predicted octanol–water partition coefficient (Wildman–Crippen LogP) is 5.13. The van der Waals surface area contributed by atoms with Crippen LogP contribution >= 0.6 is 0 Å². The van der Waals surface area contributed by atoms with E-state index in [1.54, 1.807) is 48.5 Å². The summed E-state index contributed by atoms with van der Waals surface area (Å²) in [5, 5.41) is 27.6. The van der Waals surface area contributed by atoms with E-state index in [9.17, 15) is 9.90 Å². The summed E-state index contributed by atoms with van der Waals surface area (Å²) in [5.74, 6) is -0.646. The molecule has 0 aliphatic heterocycles. The fraction of sp³-hybridized carbons (Fsp3) is 0. The highest BCUT2D eigenvalue weighted by atomic mass is 16.3. The second-order valence-electron chi connectivity index (χ2n) is 7.18. The second-order valence-corrected chi connectivity index (χ2v) is 7.18. The molecule has 11 heteroatoms. The number of hydrogen-bond acceptors (Lipinski definition) is 8. The Morgan fingerprint density at radius 1 is 1.03 bits per heavy atom. The van der Waals surface area contributed by atoms with Crippen LogP contribution in [0, 0.1) is 6.57 Å². The van der Waals surface area contributed by atoms with Gasteiger partial charge in [-0.3, -0.25) is 4.79 Å². The van der Waals surface area contributed by atoms with Gasteiger partial charge in [-0.15, -0.1) is 10.2 Å². The SMILES string of the molecule is [C-]#[N+]c1cnn(-c2ncncn2)c1/N=N/c1c(O)c(C(=O)Nc2ccccc2)cc2ccccc12. The summed E-state index contributed by atoms with van der Waals surface area (Å²) in [6.45, 7) is 7.43. The van der Waals surface area contributed by atoms with Crippen molar-refractivity contribution in [2.24, 2.45) is 10.2 Å². The minimum Gasteiger partial charge on any atom is -0.505 e. The van der Waals surface area contributed by atoms with Crippen LogP contribution in [0.15, 0.2) is 89.7 Å². The Balaban J connectivity index is 1.61. The number of rotatable bonds is 5. The van der Waals surface area contributed by atoms with Crippen molar-refractivity contribution in [2.45, 2.75) is 0 Å². The molecule has 5 aromatic rings. The van der Waals surface area contributed by atoms with Gasteiger partial charge in [0.15, 0.2) is 11.6 Å². The Labute approximate surface area is 198 Å². The van der Waals surface area contributed by atoms with E-state index in [-0.39, 0.29) is 34.5 Å². The Hall–Kier alpha value is -5.50. The van der Waals surface area contributed by atoms with Crippen LogP contribution in [0.1, 0.15) is 10.4 Å². The van der Waals surface area contributed by atoms with Gasteiger partial charge in [-0.2, -0.15) is 19.7 Å². The minimum absolute atomic E-state index is 0.0258. The predicted molar refractivity (Wildman–Crippen MR) is 127 cm³/mol. The lowest BCUT2D eigenvalue weighted by atomic mass is 10.0. The Morgan fingerprint density at radius 2 is 1.77 bits per heavy atom. The molecule has 0 saturated carbocycles. The lowest BCUT2D eigenvalue weighted by molar-refractivity contribution is 0.102. The number of carbonyl (C=O) groups is 1. The second kappa shape index (κ2) is 9.16. The molecule has 0 radical (unpaired) electrons. The first kappa shape index (κ1) is 21.4. The zero-order valence-electron chi connectivity index (χ0n) is 17.9. The zero-order chi connectivity index (χ0) is 24.2. The van der Waals surface area contributed by atoms with Crippen molar-refractivity contribution in [1.82, 2.24) is 24.7 Å². The van der Waals surface area contributed by atoms with E-state index in [1.165, 1.54) is 23.5 Å². The van der Waals surface area contributed by atoms with Crippen molar-refractivity contribution in [2.75, 3.05) is 5.32 Å². The van der Waals surface area contributed by atoms with Crippen molar-refractivity contribution in [3.8, 4) is 11.7 Å². The molecule has 3 aromatic carbocycles. The number of phenols is 1. The van der Waals surface area contributed by atoms with Gasteiger partial charge >= 0.3 is 0 Å². The van der Waals surface area contributed by atoms with E-state index in [4.69, 9.17) is 6.57 Å². The van der Waals surface area contributed by atoms with Gasteiger partial charge in [-0.25, -0.2) is 9.83 Å². The maximum atomic E-state index is 13.0. The number of fused-ring (bicyclic) bond motifs is 1. The zero-order valence-corrected chi connectivity index (χ0v) is 17.9. The van der Waals surface area contributed by atoms with Gasteiger partial charge in [0.1, 0.15) is 18.3 Å². The van der Waals surface area contributed by atoms with Gasteiger partial charge in [0, 0.05) is 11.1 Å². The first-order valence-corrected chi connectivity index (χ1v) is 10.3. The molecule has 2 heterocycles. The summed E-state index contributed by atoms with van der Waals surface area (Å²) in [6.07, 6.45) is 3.89. The molecule has 2 aromatic heterocycles. The number of hydrogen-bond donors (Lipinski definition) is 2. The number of benzene rings is 3. The maximum Gasteiger partial charge on any atom is 0.259 e. The molecule has 1 amide bonds. The number of nitrogens with zero attached hydrogens (tertiary/aromatic N) is 8. The monoisotopic (exact) mass is 461 g/mol. The van der Waals surface area contributed by atoms with Crippen molar-refractivity contribution in [3.05, 3.63) is 96.5 Å². The van der Waals surface area contributed by atoms with Crippen LogP contribution < -0.4 is 5.32 Å². The molecule has 2 N–H and O–H groups in total. The normalized spacial score (nSPS) is 10.9. The van der Waals surface area contributed by atoms with Crippen LogP contribution in [0.3, 0.4) is 0 Å². The molecule has 0 bridgehead atoms. The molecule has 0 saturated heterocycles. The molecule has 168 valence electrons. The first-order chi connectivity index (χ1) is 17.2. The molecule has 11 nitrogen and oxygen atoms in total. The van der Waals surface area contributed by atoms with E-state index >= 15 is 0 Å². The van der Waals surface area contributed by atoms with E-state index in [0.29, 0.717) is 16.5 Å². The quantitative estimate of drug-likeness (QED) is 0.275. The number of nitrogens with one attached hydrogen (secondary N) is 1. The summed E-state index contributed by atoms with van der Waals surface area (Å²) in [5.41, 5.74) is 0.783. The highest BCUT2D eigenvalue weighted by Gasteiger charge is 2.20. The smallest absolute Gasteiger partial charge is 0.259 e.